The Morgan fingerprint density at radius 1 is 1.28 bits per heavy atom. The third kappa shape index (κ3) is 1.80. The zero-order chi connectivity index (χ0) is 13.3. The number of nitrogens with zero attached hydrogens (tertiary/aromatic N) is 1. The molecule has 0 aromatic heterocycles. The van der Waals surface area contributed by atoms with E-state index in [2.05, 4.69) is 13.2 Å². The van der Waals surface area contributed by atoms with Crippen LogP contribution in [0.25, 0.3) is 11.1 Å². The van der Waals surface area contributed by atoms with Crippen LogP contribution in [0.15, 0.2) is 60.8 Å². The SMILES string of the molecule is C=CC1=C(/C=C(\C)[N+](=O)[O-])C(=C)c2ccccc21. The monoisotopic (exact) mass is 239 g/mol. The topological polar surface area (TPSA) is 43.1 Å². The summed E-state index contributed by atoms with van der Waals surface area (Å²) in [5.74, 6) is 0. The molecular weight excluding hydrogens is 226 g/mol. The highest BCUT2D eigenvalue weighted by Crippen LogP contribution is 2.41. The van der Waals surface area contributed by atoms with E-state index >= 15 is 0 Å². The van der Waals surface area contributed by atoms with Crippen LogP contribution in [-0.4, -0.2) is 4.92 Å². The number of hydrogen-bond acceptors (Lipinski definition) is 2. The van der Waals surface area contributed by atoms with Crippen molar-refractivity contribution in [2.75, 3.05) is 0 Å². The van der Waals surface area contributed by atoms with Crippen LogP contribution in [0.2, 0.25) is 0 Å². The summed E-state index contributed by atoms with van der Waals surface area (Å²) >= 11 is 0. The maximum atomic E-state index is 10.7. The van der Waals surface area contributed by atoms with E-state index in [-0.39, 0.29) is 5.70 Å². The van der Waals surface area contributed by atoms with Crippen LogP contribution < -0.4 is 0 Å². The molecule has 1 aromatic rings. The Kier molecular flexibility index (Phi) is 2.98. The first-order valence-electron chi connectivity index (χ1n) is 5.54. The molecule has 0 saturated carbocycles. The summed E-state index contributed by atoms with van der Waals surface area (Å²) in [7, 11) is 0. The van der Waals surface area contributed by atoms with Gasteiger partial charge in [-0.25, -0.2) is 0 Å². The normalized spacial score (nSPS) is 14.7. The molecular formula is C15H13NO2. The molecule has 18 heavy (non-hydrogen) atoms. The van der Waals surface area contributed by atoms with Crippen LogP contribution in [-0.2, 0) is 0 Å². The van der Waals surface area contributed by atoms with Gasteiger partial charge in [-0.05, 0) is 27.8 Å². The van der Waals surface area contributed by atoms with Crippen molar-refractivity contribution < 1.29 is 4.92 Å². The van der Waals surface area contributed by atoms with Gasteiger partial charge in [0.1, 0.15) is 0 Å². The van der Waals surface area contributed by atoms with Gasteiger partial charge in [0.2, 0.25) is 5.70 Å². The highest BCUT2D eigenvalue weighted by Gasteiger charge is 2.22. The van der Waals surface area contributed by atoms with E-state index in [1.165, 1.54) is 6.92 Å². The molecule has 0 atom stereocenters. The van der Waals surface area contributed by atoms with Gasteiger partial charge in [0.05, 0.1) is 4.92 Å². The molecule has 0 radical (unpaired) electrons. The molecule has 3 heteroatoms. The molecule has 3 nitrogen and oxygen atoms in total. The minimum absolute atomic E-state index is 0.0957. The van der Waals surface area contributed by atoms with Gasteiger partial charge in [0.25, 0.3) is 0 Å². The third-order valence-corrected chi connectivity index (χ3v) is 3.00. The van der Waals surface area contributed by atoms with Crippen LogP contribution >= 0.6 is 0 Å². The quantitative estimate of drug-likeness (QED) is 0.594. The molecule has 90 valence electrons. The highest BCUT2D eigenvalue weighted by molar-refractivity contribution is 6.03. The minimum Gasteiger partial charge on any atom is -0.259 e. The maximum absolute atomic E-state index is 10.7. The molecule has 2 rings (SSSR count). The second kappa shape index (κ2) is 4.45. The number of hydrogen-bond donors (Lipinski definition) is 0. The van der Waals surface area contributed by atoms with Gasteiger partial charge >= 0.3 is 0 Å². The largest absolute Gasteiger partial charge is 0.259 e. The molecule has 0 spiro atoms. The van der Waals surface area contributed by atoms with Crippen LogP contribution in [0.3, 0.4) is 0 Å². The number of nitro groups is 1. The standard InChI is InChI=1S/C15H13NO2/c1-4-12-14-8-6-5-7-13(14)11(3)15(12)9-10(2)16(17)18/h4-9H,1,3H2,2H3/b10-9+. The van der Waals surface area contributed by atoms with Gasteiger partial charge in [-0.1, -0.05) is 43.5 Å². The maximum Gasteiger partial charge on any atom is 0.243 e. The second-order valence-electron chi connectivity index (χ2n) is 4.10. The molecule has 0 amide bonds. The molecule has 1 aromatic carbocycles. The summed E-state index contributed by atoms with van der Waals surface area (Å²) in [6, 6.07) is 7.80. The summed E-state index contributed by atoms with van der Waals surface area (Å²) in [6.07, 6.45) is 3.27. The summed E-state index contributed by atoms with van der Waals surface area (Å²) in [5.41, 5.74) is 4.62. The Morgan fingerprint density at radius 3 is 2.44 bits per heavy atom. The van der Waals surface area contributed by atoms with Crippen molar-refractivity contribution in [1.29, 1.82) is 0 Å². The van der Waals surface area contributed by atoms with Crippen LogP contribution in [0, 0.1) is 10.1 Å². The Morgan fingerprint density at radius 2 is 1.89 bits per heavy atom. The Labute approximate surface area is 106 Å². The summed E-state index contributed by atoms with van der Waals surface area (Å²) in [6.45, 7) is 9.27. The van der Waals surface area contributed by atoms with Gasteiger partial charge < -0.3 is 0 Å². The van der Waals surface area contributed by atoms with E-state index in [1.807, 2.05) is 24.3 Å². The first-order valence-corrected chi connectivity index (χ1v) is 5.54. The lowest BCUT2D eigenvalue weighted by molar-refractivity contribution is -0.424. The van der Waals surface area contributed by atoms with Crippen molar-refractivity contribution in [3.8, 4) is 0 Å². The first kappa shape index (κ1) is 12.0. The highest BCUT2D eigenvalue weighted by atomic mass is 16.6. The fourth-order valence-electron chi connectivity index (χ4n) is 2.08. The number of rotatable bonds is 3. The average Bonchev–Trinajstić information content (AvgIpc) is 2.63. The second-order valence-corrected chi connectivity index (χ2v) is 4.10. The molecule has 0 bridgehead atoms. The Balaban J connectivity index is 2.62. The van der Waals surface area contributed by atoms with E-state index in [0.717, 1.165) is 27.8 Å². The fourth-order valence-corrected chi connectivity index (χ4v) is 2.08. The van der Waals surface area contributed by atoms with Crippen molar-refractivity contribution in [3.05, 3.63) is 82.1 Å². The lowest BCUT2D eigenvalue weighted by Crippen LogP contribution is -1.94. The predicted octanol–water partition coefficient (Wildman–Crippen LogP) is 3.83. The Hall–Kier alpha value is -2.42. The van der Waals surface area contributed by atoms with E-state index in [9.17, 15) is 10.1 Å². The molecule has 0 aliphatic heterocycles. The first-order chi connectivity index (χ1) is 8.56. The predicted molar refractivity (Wildman–Crippen MR) is 73.3 cm³/mol. The number of fused-ring (bicyclic) bond motifs is 1. The van der Waals surface area contributed by atoms with Gasteiger partial charge in [0.15, 0.2) is 0 Å². The Bertz CT molecular complexity index is 621. The minimum atomic E-state index is -0.399. The third-order valence-electron chi connectivity index (χ3n) is 3.00. The smallest absolute Gasteiger partial charge is 0.243 e. The lowest BCUT2D eigenvalue weighted by Gasteiger charge is -1.99. The zero-order valence-corrected chi connectivity index (χ0v) is 10.1. The summed E-state index contributed by atoms with van der Waals surface area (Å²) in [5, 5.41) is 10.7. The molecule has 0 fully saturated rings. The van der Waals surface area contributed by atoms with Crippen LogP contribution in [0.5, 0.6) is 0 Å². The van der Waals surface area contributed by atoms with Crippen molar-refractivity contribution >= 4 is 11.1 Å². The summed E-state index contributed by atoms with van der Waals surface area (Å²) in [4.78, 5) is 10.3. The van der Waals surface area contributed by atoms with Crippen molar-refractivity contribution in [3.63, 3.8) is 0 Å². The molecule has 0 unspecified atom stereocenters. The molecule has 0 N–H and O–H groups in total. The van der Waals surface area contributed by atoms with Crippen LogP contribution in [0.1, 0.15) is 18.1 Å². The van der Waals surface area contributed by atoms with E-state index < -0.39 is 4.92 Å². The van der Waals surface area contributed by atoms with E-state index in [1.54, 1.807) is 12.2 Å². The van der Waals surface area contributed by atoms with Crippen LogP contribution in [0.4, 0.5) is 0 Å². The number of benzene rings is 1. The van der Waals surface area contributed by atoms with Gasteiger partial charge in [-0.15, -0.1) is 0 Å². The van der Waals surface area contributed by atoms with Gasteiger partial charge in [-0.3, -0.25) is 10.1 Å². The van der Waals surface area contributed by atoms with Crippen molar-refractivity contribution in [2.45, 2.75) is 6.92 Å². The van der Waals surface area contributed by atoms with Crippen molar-refractivity contribution in [2.24, 2.45) is 0 Å². The molecule has 0 saturated heterocycles. The molecule has 0 heterocycles. The summed E-state index contributed by atoms with van der Waals surface area (Å²) < 4.78 is 0. The van der Waals surface area contributed by atoms with Gasteiger partial charge in [0, 0.05) is 13.0 Å². The van der Waals surface area contributed by atoms with E-state index in [4.69, 9.17) is 0 Å². The van der Waals surface area contributed by atoms with Gasteiger partial charge in [-0.2, -0.15) is 0 Å². The van der Waals surface area contributed by atoms with E-state index in [0.29, 0.717) is 0 Å². The number of allylic oxidation sites excluding steroid dienone is 6. The average molecular weight is 239 g/mol. The fraction of sp³-hybridized carbons (Fsp3) is 0.0667. The zero-order valence-electron chi connectivity index (χ0n) is 10.1. The van der Waals surface area contributed by atoms with Crippen molar-refractivity contribution in [1.82, 2.24) is 0 Å². The lowest BCUT2D eigenvalue weighted by atomic mass is 10.0. The molecule has 1 aliphatic rings. The molecule has 1 aliphatic carbocycles.